The van der Waals surface area contributed by atoms with E-state index in [1.54, 1.807) is 30.6 Å². The normalized spacial score (nSPS) is 12.0. The molecular weight excluding hydrogens is 384 g/mol. The Kier molecular flexibility index (Phi) is 9.74. The molecule has 0 saturated carbocycles. The first-order chi connectivity index (χ1) is 14.0. The average Bonchev–Trinajstić information content (AvgIpc) is 2.73. The molecule has 1 aromatic carbocycles. The number of nitrogens with zero attached hydrogens (tertiary/aromatic N) is 2. The van der Waals surface area contributed by atoms with Gasteiger partial charge in [0.25, 0.3) is 0 Å². The molecule has 0 saturated heterocycles. The van der Waals surface area contributed by atoms with E-state index in [0.717, 1.165) is 56.8 Å². The van der Waals surface area contributed by atoms with E-state index in [1.807, 2.05) is 6.07 Å². The van der Waals surface area contributed by atoms with Gasteiger partial charge in [-0.15, -0.1) is 0 Å². The number of unbranched alkanes of at least 4 members (excludes halogenated alkanes) is 6. The van der Waals surface area contributed by atoms with Crippen LogP contribution in [0.3, 0.4) is 0 Å². The van der Waals surface area contributed by atoms with Gasteiger partial charge in [-0.25, -0.2) is 8.42 Å². The van der Waals surface area contributed by atoms with Crippen molar-refractivity contribution in [1.29, 1.82) is 0 Å². The van der Waals surface area contributed by atoms with E-state index in [1.165, 1.54) is 4.31 Å². The van der Waals surface area contributed by atoms with Gasteiger partial charge in [0, 0.05) is 36.1 Å². The Hall–Kier alpha value is -1.79. The fourth-order valence-corrected chi connectivity index (χ4v) is 5.16. The van der Waals surface area contributed by atoms with Crippen molar-refractivity contribution in [3.63, 3.8) is 0 Å². The maximum Gasteiger partial charge on any atom is 0.244 e. The van der Waals surface area contributed by atoms with E-state index >= 15 is 0 Å². The standard InChI is InChI=1S/C23H34N2O3S/c1-3-5-7-9-13-21(26)19-25(17-10-8-6-4-2)29(27,28)23-14-11-12-20-18-24-16-15-22(20)23/h11-12,14-16,18H,3-10,13,17,19H2,1-2H3. The van der Waals surface area contributed by atoms with Crippen LogP contribution in [0.2, 0.25) is 0 Å². The highest BCUT2D eigenvalue weighted by Crippen LogP contribution is 2.25. The van der Waals surface area contributed by atoms with Crippen molar-refractivity contribution in [2.24, 2.45) is 0 Å². The van der Waals surface area contributed by atoms with E-state index in [-0.39, 0.29) is 17.2 Å². The molecule has 29 heavy (non-hydrogen) atoms. The lowest BCUT2D eigenvalue weighted by Gasteiger charge is -2.22. The summed E-state index contributed by atoms with van der Waals surface area (Å²) in [5.41, 5.74) is 0. The number of rotatable bonds is 14. The molecule has 0 radical (unpaired) electrons. The Morgan fingerprint density at radius 3 is 2.41 bits per heavy atom. The summed E-state index contributed by atoms with van der Waals surface area (Å²) < 4.78 is 28.3. The Morgan fingerprint density at radius 1 is 0.966 bits per heavy atom. The summed E-state index contributed by atoms with van der Waals surface area (Å²) in [6, 6.07) is 6.94. The lowest BCUT2D eigenvalue weighted by atomic mass is 10.1. The molecule has 2 rings (SSSR count). The Labute approximate surface area is 175 Å². The van der Waals surface area contributed by atoms with E-state index in [2.05, 4.69) is 18.8 Å². The highest BCUT2D eigenvalue weighted by Gasteiger charge is 2.27. The molecular formula is C23H34N2O3S. The number of hydrogen-bond donors (Lipinski definition) is 0. The lowest BCUT2D eigenvalue weighted by Crippen LogP contribution is -2.36. The minimum absolute atomic E-state index is 0.00192. The van der Waals surface area contributed by atoms with Crippen molar-refractivity contribution in [3.05, 3.63) is 36.7 Å². The zero-order valence-electron chi connectivity index (χ0n) is 17.8. The van der Waals surface area contributed by atoms with Crippen LogP contribution >= 0.6 is 0 Å². The number of ketones is 1. The van der Waals surface area contributed by atoms with Crippen LogP contribution in [0.4, 0.5) is 0 Å². The highest BCUT2D eigenvalue weighted by atomic mass is 32.2. The number of fused-ring (bicyclic) bond motifs is 1. The highest BCUT2D eigenvalue weighted by molar-refractivity contribution is 7.89. The third-order valence-corrected chi connectivity index (χ3v) is 7.08. The first-order valence-corrected chi connectivity index (χ1v) is 12.3. The molecule has 0 aliphatic rings. The van der Waals surface area contributed by atoms with Crippen molar-refractivity contribution in [1.82, 2.24) is 9.29 Å². The van der Waals surface area contributed by atoms with Gasteiger partial charge in [-0.2, -0.15) is 4.31 Å². The molecule has 0 N–H and O–H groups in total. The SMILES string of the molecule is CCCCCCC(=O)CN(CCCCCC)S(=O)(=O)c1cccc2cnccc12. The van der Waals surface area contributed by atoms with Crippen LogP contribution in [0.15, 0.2) is 41.6 Å². The maximum absolute atomic E-state index is 13.5. The van der Waals surface area contributed by atoms with E-state index in [0.29, 0.717) is 18.4 Å². The molecule has 1 heterocycles. The molecule has 0 aliphatic carbocycles. The number of carbonyl (C=O) groups is 1. The van der Waals surface area contributed by atoms with Crippen molar-refractivity contribution in [2.75, 3.05) is 13.1 Å². The molecule has 0 fully saturated rings. The summed E-state index contributed by atoms with van der Waals surface area (Å²) in [5, 5.41) is 1.43. The zero-order chi connectivity index (χ0) is 21.1. The molecule has 160 valence electrons. The number of sulfonamides is 1. The van der Waals surface area contributed by atoms with Crippen LogP contribution in [0.5, 0.6) is 0 Å². The third-order valence-electron chi connectivity index (χ3n) is 5.18. The van der Waals surface area contributed by atoms with Gasteiger partial charge in [0.05, 0.1) is 11.4 Å². The summed E-state index contributed by atoms with van der Waals surface area (Å²) in [5.74, 6) is 0.00192. The molecule has 2 aromatic rings. The fourth-order valence-electron chi connectivity index (χ4n) is 3.48. The van der Waals surface area contributed by atoms with E-state index in [4.69, 9.17) is 0 Å². The van der Waals surface area contributed by atoms with Crippen LogP contribution in [0, 0.1) is 0 Å². The van der Waals surface area contributed by atoms with Crippen LogP contribution in [0.25, 0.3) is 10.8 Å². The number of Topliss-reactive ketones (excluding diaryl/α,β-unsaturated/α-hetero) is 1. The second kappa shape index (κ2) is 12.0. The van der Waals surface area contributed by atoms with Crippen LogP contribution in [-0.2, 0) is 14.8 Å². The zero-order valence-corrected chi connectivity index (χ0v) is 18.6. The predicted molar refractivity (Wildman–Crippen MR) is 118 cm³/mol. The monoisotopic (exact) mass is 418 g/mol. The van der Waals surface area contributed by atoms with Gasteiger partial charge in [-0.3, -0.25) is 9.78 Å². The molecule has 0 bridgehead atoms. The quantitative estimate of drug-likeness (QED) is 0.388. The van der Waals surface area contributed by atoms with E-state index < -0.39 is 10.0 Å². The minimum Gasteiger partial charge on any atom is -0.298 e. The maximum atomic E-state index is 13.5. The Morgan fingerprint density at radius 2 is 1.69 bits per heavy atom. The summed E-state index contributed by atoms with van der Waals surface area (Å²) in [6.07, 6.45) is 11.7. The Bertz CT molecular complexity index is 875. The van der Waals surface area contributed by atoms with Gasteiger partial charge in [0.15, 0.2) is 0 Å². The van der Waals surface area contributed by atoms with E-state index in [9.17, 15) is 13.2 Å². The number of pyridine rings is 1. The molecule has 0 unspecified atom stereocenters. The molecule has 0 spiro atoms. The van der Waals surface area contributed by atoms with Crippen molar-refractivity contribution in [3.8, 4) is 0 Å². The predicted octanol–water partition coefficient (Wildman–Crippen LogP) is 5.35. The average molecular weight is 419 g/mol. The molecule has 5 nitrogen and oxygen atoms in total. The molecule has 0 atom stereocenters. The second-order valence-corrected chi connectivity index (χ2v) is 9.51. The number of carbonyl (C=O) groups excluding carboxylic acids is 1. The fraction of sp³-hybridized carbons (Fsp3) is 0.565. The summed E-state index contributed by atoms with van der Waals surface area (Å²) in [7, 11) is -3.76. The Balaban J connectivity index is 2.22. The molecule has 0 amide bonds. The van der Waals surface area contributed by atoms with Gasteiger partial charge in [-0.05, 0) is 25.0 Å². The second-order valence-electron chi connectivity index (χ2n) is 7.60. The lowest BCUT2D eigenvalue weighted by molar-refractivity contribution is -0.119. The molecule has 6 heteroatoms. The van der Waals surface area contributed by atoms with Crippen LogP contribution in [-0.4, -0.2) is 36.6 Å². The van der Waals surface area contributed by atoms with Gasteiger partial charge in [-0.1, -0.05) is 64.5 Å². The minimum atomic E-state index is -3.76. The van der Waals surface area contributed by atoms with Gasteiger partial charge < -0.3 is 0 Å². The first kappa shape index (κ1) is 23.5. The third kappa shape index (κ3) is 6.89. The molecule has 1 aromatic heterocycles. The summed E-state index contributed by atoms with van der Waals surface area (Å²) in [6.45, 7) is 4.59. The van der Waals surface area contributed by atoms with Crippen LogP contribution < -0.4 is 0 Å². The smallest absolute Gasteiger partial charge is 0.244 e. The van der Waals surface area contributed by atoms with Crippen molar-refractivity contribution in [2.45, 2.75) is 76.5 Å². The number of hydrogen-bond acceptors (Lipinski definition) is 4. The summed E-state index contributed by atoms with van der Waals surface area (Å²) in [4.78, 5) is 16.9. The molecule has 0 aliphatic heterocycles. The van der Waals surface area contributed by atoms with Gasteiger partial charge in [0.1, 0.15) is 5.78 Å². The summed E-state index contributed by atoms with van der Waals surface area (Å²) >= 11 is 0. The number of aromatic nitrogens is 1. The largest absolute Gasteiger partial charge is 0.298 e. The van der Waals surface area contributed by atoms with Crippen molar-refractivity contribution < 1.29 is 13.2 Å². The van der Waals surface area contributed by atoms with Gasteiger partial charge >= 0.3 is 0 Å². The van der Waals surface area contributed by atoms with Crippen molar-refractivity contribution >= 4 is 26.6 Å². The first-order valence-electron chi connectivity index (χ1n) is 10.8. The van der Waals surface area contributed by atoms with Crippen LogP contribution in [0.1, 0.15) is 71.6 Å². The van der Waals surface area contributed by atoms with Gasteiger partial charge in [0.2, 0.25) is 10.0 Å². The topological polar surface area (TPSA) is 67.3 Å². The number of benzene rings is 1.